The summed E-state index contributed by atoms with van der Waals surface area (Å²) in [6, 6.07) is 8.64. The normalized spacial score (nSPS) is 9.93. The van der Waals surface area contributed by atoms with E-state index in [1.807, 2.05) is 0 Å². The molecule has 1 amide bonds. The van der Waals surface area contributed by atoms with Crippen molar-refractivity contribution in [2.75, 3.05) is 5.32 Å². The number of carbonyl (C=O) groups excluding carboxylic acids is 1. The standard InChI is InChI=1S/C11H8ClNO2/c12-9-3-1-2-4-10(9)13-11(14)8-5-6-15-7-8/h1-7H,(H,13,14). The highest BCUT2D eigenvalue weighted by Crippen LogP contribution is 2.21. The molecule has 0 spiro atoms. The van der Waals surface area contributed by atoms with Crippen molar-refractivity contribution < 1.29 is 9.21 Å². The number of hydrogen-bond donors (Lipinski definition) is 1. The SMILES string of the molecule is O=C(Nc1ccccc1Cl)c1ccoc1. The Labute approximate surface area is 91.7 Å². The van der Waals surface area contributed by atoms with Crippen LogP contribution in [0.4, 0.5) is 5.69 Å². The van der Waals surface area contributed by atoms with Crippen molar-refractivity contribution in [1.29, 1.82) is 0 Å². The largest absolute Gasteiger partial charge is 0.472 e. The van der Waals surface area contributed by atoms with Gasteiger partial charge in [-0.1, -0.05) is 23.7 Å². The van der Waals surface area contributed by atoms with Gasteiger partial charge in [0.25, 0.3) is 5.91 Å². The Morgan fingerprint density at radius 1 is 1.27 bits per heavy atom. The summed E-state index contributed by atoms with van der Waals surface area (Å²) in [5, 5.41) is 3.19. The van der Waals surface area contributed by atoms with E-state index in [2.05, 4.69) is 5.32 Å². The lowest BCUT2D eigenvalue weighted by Crippen LogP contribution is -2.10. The molecule has 0 fully saturated rings. The van der Waals surface area contributed by atoms with Gasteiger partial charge in [-0.3, -0.25) is 4.79 Å². The van der Waals surface area contributed by atoms with E-state index >= 15 is 0 Å². The molecular formula is C11H8ClNO2. The third-order valence-electron chi connectivity index (χ3n) is 1.91. The van der Waals surface area contributed by atoms with Crippen LogP contribution >= 0.6 is 11.6 Å². The van der Waals surface area contributed by atoms with E-state index in [9.17, 15) is 4.79 Å². The molecule has 0 aliphatic carbocycles. The molecule has 0 saturated carbocycles. The number of halogens is 1. The maximum absolute atomic E-state index is 11.6. The molecular weight excluding hydrogens is 214 g/mol. The van der Waals surface area contributed by atoms with Gasteiger partial charge in [-0.15, -0.1) is 0 Å². The van der Waals surface area contributed by atoms with Crippen molar-refractivity contribution in [1.82, 2.24) is 0 Å². The Bertz CT molecular complexity index is 465. The van der Waals surface area contributed by atoms with Crippen LogP contribution in [0.25, 0.3) is 0 Å². The van der Waals surface area contributed by atoms with Crippen LogP contribution in [0.5, 0.6) is 0 Å². The van der Waals surface area contributed by atoms with Crippen molar-refractivity contribution in [3.05, 3.63) is 53.4 Å². The number of nitrogens with one attached hydrogen (secondary N) is 1. The lowest BCUT2D eigenvalue weighted by atomic mass is 10.3. The quantitative estimate of drug-likeness (QED) is 0.846. The zero-order chi connectivity index (χ0) is 10.7. The molecule has 0 aliphatic rings. The Balaban J connectivity index is 2.17. The molecule has 1 heterocycles. The summed E-state index contributed by atoms with van der Waals surface area (Å²) in [5.74, 6) is -0.239. The lowest BCUT2D eigenvalue weighted by molar-refractivity contribution is 0.102. The first kappa shape index (κ1) is 9.80. The van der Waals surface area contributed by atoms with Crippen LogP contribution in [-0.2, 0) is 0 Å². The molecule has 0 aliphatic heterocycles. The lowest BCUT2D eigenvalue weighted by Gasteiger charge is -2.04. The van der Waals surface area contributed by atoms with Crippen LogP contribution in [0.2, 0.25) is 5.02 Å². The molecule has 0 saturated heterocycles. The zero-order valence-corrected chi connectivity index (χ0v) is 8.49. The summed E-state index contributed by atoms with van der Waals surface area (Å²) in [4.78, 5) is 11.6. The van der Waals surface area contributed by atoms with Gasteiger partial charge in [0.05, 0.1) is 22.5 Å². The van der Waals surface area contributed by atoms with Crippen molar-refractivity contribution in [3.8, 4) is 0 Å². The maximum Gasteiger partial charge on any atom is 0.258 e. The van der Waals surface area contributed by atoms with Crippen LogP contribution in [0, 0.1) is 0 Å². The highest BCUT2D eigenvalue weighted by atomic mass is 35.5. The summed E-state index contributed by atoms with van der Waals surface area (Å²) in [5.41, 5.74) is 1.06. The fourth-order valence-corrected chi connectivity index (χ4v) is 1.33. The first-order valence-corrected chi connectivity index (χ1v) is 4.73. The van der Waals surface area contributed by atoms with E-state index in [0.29, 0.717) is 16.3 Å². The van der Waals surface area contributed by atoms with Crippen molar-refractivity contribution in [2.24, 2.45) is 0 Å². The number of rotatable bonds is 2. The summed E-state index contributed by atoms with van der Waals surface area (Å²) in [7, 11) is 0. The van der Waals surface area contributed by atoms with Crippen LogP contribution < -0.4 is 5.32 Å². The topological polar surface area (TPSA) is 42.2 Å². The molecule has 3 nitrogen and oxygen atoms in total. The van der Waals surface area contributed by atoms with Gasteiger partial charge in [0, 0.05) is 0 Å². The number of benzene rings is 1. The van der Waals surface area contributed by atoms with Gasteiger partial charge < -0.3 is 9.73 Å². The molecule has 1 aromatic heterocycles. The van der Waals surface area contributed by atoms with Gasteiger partial charge in [-0.2, -0.15) is 0 Å². The van der Waals surface area contributed by atoms with Crippen LogP contribution in [0.15, 0.2) is 47.3 Å². The third kappa shape index (κ3) is 2.19. The highest BCUT2D eigenvalue weighted by molar-refractivity contribution is 6.33. The van der Waals surface area contributed by atoms with Crippen molar-refractivity contribution >= 4 is 23.2 Å². The Hall–Kier alpha value is -1.74. The Kier molecular flexibility index (Phi) is 2.74. The van der Waals surface area contributed by atoms with Gasteiger partial charge in [-0.25, -0.2) is 0 Å². The van der Waals surface area contributed by atoms with E-state index in [1.165, 1.54) is 12.5 Å². The summed E-state index contributed by atoms with van der Waals surface area (Å²) >= 11 is 5.89. The van der Waals surface area contributed by atoms with E-state index in [0.717, 1.165) is 0 Å². The van der Waals surface area contributed by atoms with Gasteiger partial charge >= 0.3 is 0 Å². The molecule has 4 heteroatoms. The summed E-state index contributed by atoms with van der Waals surface area (Å²) < 4.78 is 4.81. The minimum atomic E-state index is -0.239. The Morgan fingerprint density at radius 2 is 2.07 bits per heavy atom. The number of carbonyl (C=O) groups is 1. The minimum Gasteiger partial charge on any atom is -0.472 e. The molecule has 76 valence electrons. The Morgan fingerprint density at radius 3 is 2.73 bits per heavy atom. The second-order valence-corrected chi connectivity index (χ2v) is 3.35. The molecule has 2 aromatic rings. The molecule has 0 unspecified atom stereocenters. The maximum atomic E-state index is 11.6. The molecule has 15 heavy (non-hydrogen) atoms. The number of furan rings is 1. The molecule has 0 atom stereocenters. The minimum absolute atomic E-state index is 0.239. The zero-order valence-electron chi connectivity index (χ0n) is 7.74. The predicted molar refractivity (Wildman–Crippen MR) is 58.1 cm³/mol. The van der Waals surface area contributed by atoms with Gasteiger partial charge in [0.15, 0.2) is 0 Å². The number of para-hydroxylation sites is 1. The summed E-state index contributed by atoms with van der Waals surface area (Å²) in [6.07, 6.45) is 2.83. The van der Waals surface area contributed by atoms with E-state index < -0.39 is 0 Å². The van der Waals surface area contributed by atoms with Crippen molar-refractivity contribution in [3.63, 3.8) is 0 Å². The van der Waals surface area contributed by atoms with E-state index in [-0.39, 0.29) is 5.91 Å². The average molecular weight is 222 g/mol. The first-order chi connectivity index (χ1) is 7.27. The summed E-state index contributed by atoms with van der Waals surface area (Å²) in [6.45, 7) is 0. The second-order valence-electron chi connectivity index (χ2n) is 2.95. The predicted octanol–water partition coefficient (Wildman–Crippen LogP) is 3.19. The second kappa shape index (κ2) is 4.19. The molecule has 0 radical (unpaired) electrons. The number of amides is 1. The van der Waals surface area contributed by atoms with E-state index in [4.69, 9.17) is 16.0 Å². The van der Waals surface area contributed by atoms with Crippen LogP contribution in [-0.4, -0.2) is 5.91 Å². The van der Waals surface area contributed by atoms with Crippen LogP contribution in [0.3, 0.4) is 0 Å². The van der Waals surface area contributed by atoms with Gasteiger partial charge in [0.2, 0.25) is 0 Å². The third-order valence-corrected chi connectivity index (χ3v) is 2.24. The molecule has 0 bridgehead atoms. The van der Waals surface area contributed by atoms with Gasteiger partial charge in [0.1, 0.15) is 6.26 Å². The first-order valence-electron chi connectivity index (χ1n) is 4.35. The van der Waals surface area contributed by atoms with Crippen molar-refractivity contribution in [2.45, 2.75) is 0 Å². The average Bonchev–Trinajstić information content (AvgIpc) is 2.74. The molecule has 2 rings (SSSR count). The monoisotopic (exact) mass is 221 g/mol. The van der Waals surface area contributed by atoms with Gasteiger partial charge in [-0.05, 0) is 18.2 Å². The highest BCUT2D eigenvalue weighted by Gasteiger charge is 2.08. The number of anilines is 1. The molecule has 1 aromatic carbocycles. The van der Waals surface area contributed by atoms with E-state index in [1.54, 1.807) is 30.3 Å². The smallest absolute Gasteiger partial charge is 0.258 e. The number of hydrogen-bond acceptors (Lipinski definition) is 2. The van der Waals surface area contributed by atoms with Crippen LogP contribution in [0.1, 0.15) is 10.4 Å². The fraction of sp³-hybridized carbons (Fsp3) is 0. The molecule has 1 N–H and O–H groups in total. The fourth-order valence-electron chi connectivity index (χ4n) is 1.15.